The average Bonchev–Trinajstić information content (AvgIpc) is 2.20. The summed E-state index contributed by atoms with van der Waals surface area (Å²) in [5.74, 6) is 1.63. The molecule has 1 aliphatic carbocycles. The molecule has 2 nitrogen and oxygen atoms in total. The smallest absolute Gasteiger partial charge is 0.0138 e. The third-order valence-corrected chi connectivity index (χ3v) is 3.80. The maximum atomic E-state index is 5.86. The Bertz CT molecular complexity index is 147. The van der Waals surface area contributed by atoms with Crippen molar-refractivity contribution < 1.29 is 0 Å². The summed E-state index contributed by atoms with van der Waals surface area (Å²) in [6, 6.07) is 0.749. The first kappa shape index (κ1) is 12.0. The van der Waals surface area contributed by atoms with E-state index in [1.807, 2.05) is 0 Å². The monoisotopic (exact) mass is 198 g/mol. The second-order valence-corrected chi connectivity index (χ2v) is 4.70. The van der Waals surface area contributed by atoms with Crippen molar-refractivity contribution in [2.75, 3.05) is 19.6 Å². The number of hydrogen-bond donors (Lipinski definition) is 1. The predicted molar refractivity (Wildman–Crippen MR) is 62.3 cm³/mol. The fraction of sp³-hybridized carbons (Fsp3) is 1.00. The third kappa shape index (κ3) is 2.71. The summed E-state index contributed by atoms with van der Waals surface area (Å²) < 4.78 is 0. The van der Waals surface area contributed by atoms with Gasteiger partial charge in [-0.3, -0.25) is 0 Å². The first-order chi connectivity index (χ1) is 6.72. The third-order valence-electron chi connectivity index (χ3n) is 3.80. The lowest BCUT2D eigenvalue weighted by Crippen LogP contribution is -2.46. The minimum Gasteiger partial charge on any atom is -0.330 e. The van der Waals surface area contributed by atoms with Crippen LogP contribution in [0.3, 0.4) is 0 Å². The van der Waals surface area contributed by atoms with Gasteiger partial charge in [-0.1, -0.05) is 27.2 Å². The number of rotatable bonds is 4. The topological polar surface area (TPSA) is 29.3 Å². The van der Waals surface area contributed by atoms with Crippen molar-refractivity contribution in [3.63, 3.8) is 0 Å². The van der Waals surface area contributed by atoms with Crippen LogP contribution in [-0.4, -0.2) is 30.6 Å². The van der Waals surface area contributed by atoms with Crippen LogP contribution in [0.5, 0.6) is 0 Å². The molecule has 0 radical (unpaired) electrons. The summed E-state index contributed by atoms with van der Waals surface area (Å²) in [6.45, 7) is 10.1. The number of hydrogen-bond acceptors (Lipinski definition) is 2. The first-order valence-electron chi connectivity index (χ1n) is 6.17. The largest absolute Gasteiger partial charge is 0.330 e. The number of nitrogens with two attached hydrogens (primary N) is 1. The van der Waals surface area contributed by atoms with E-state index >= 15 is 0 Å². The van der Waals surface area contributed by atoms with Gasteiger partial charge >= 0.3 is 0 Å². The van der Waals surface area contributed by atoms with Gasteiger partial charge in [0.1, 0.15) is 0 Å². The van der Waals surface area contributed by atoms with Crippen LogP contribution in [-0.2, 0) is 0 Å². The summed E-state index contributed by atoms with van der Waals surface area (Å²) in [5, 5.41) is 0. The Kier molecular flexibility index (Phi) is 4.90. The zero-order valence-electron chi connectivity index (χ0n) is 10.00. The molecule has 1 aliphatic rings. The van der Waals surface area contributed by atoms with Crippen molar-refractivity contribution in [1.29, 1.82) is 0 Å². The van der Waals surface area contributed by atoms with Crippen molar-refractivity contribution in [3.05, 3.63) is 0 Å². The highest BCUT2D eigenvalue weighted by atomic mass is 15.2. The summed E-state index contributed by atoms with van der Waals surface area (Å²) >= 11 is 0. The maximum absolute atomic E-state index is 5.86. The average molecular weight is 198 g/mol. The molecule has 3 unspecified atom stereocenters. The van der Waals surface area contributed by atoms with Gasteiger partial charge in [-0.2, -0.15) is 0 Å². The molecule has 0 heterocycles. The van der Waals surface area contributed by atoms with Gasteiger partial charge in [0.25, 0.3) is 0 Å². The summed E-state index contributed by atoms with van der Waals surface area (Å²) in [4.78, 5) is 2.59. The molecule has 0 saturated heterocycles. The van der Waals surface area contributed by atoms with E-state index in [0.29, 0.717) is 0 Å². The zero-order chi connectivity index (χ0) is 10.6. The van der Waals surface area contributed by atoms with E-state index < -0.39 is 0 Å². The van der Waals surface area contributed by atoms with Crippen LogP contribution < -0.4 is 5.73 Å². The van der Waals surface area contributed by atoms with Gasteiger partial charge in [0.15, 0.2) is 0 Å². The molecule has 3 atom stereocenters. The molecule has 0 amide bonds. The molecular weight excluding hydrogens is 172 g/mol. The van der Waals surface area contributed by atoms with Gasteiger partial charge in [0, 0.05) is 6.04 Å². The summed E-state index contributed by atoms with van der Waals surface area (Å²) in [7, 11) is 0. The second-order valence-electron chi connectivity index (χ2n) is 4.70. The Balaban J connectivity index is 2.59. The van der Waals surface area contributed by atoms with E-state index in [0.717, 1.165) is 24.4 Å². The fourth-order valence-electron chi connectivity index (χ4n) is 2.83. The predicted octanol–water partition coefficient (Wildman–Crippen LogP) is 2.09. The van der Waals surface area contributed by atoms with Gasteiger partial charge in [-0.15, -0.1) is 0 Å². The Hall–Kier alpha value is -0.0800. The van der Waals surface area contributed by atoms with E-state index in [4.69, 9.17) is 5.73 Å². The van der Waals surface area contributed by atoms with Crippen molar-refractivity contribution in [2.24, 2.45) is 17.6 Å². The normalized spacial score (nSPS) is 33.6. The fourth-order valence-corrected chi connectivity index (χ4v) is 2.83. The second kappa shape index (κ2) is 5.72. The van der Waals surface area contributed by atoms with Crippen LogP contribution in [0.2, 0.25) is 0 Å². The van der Waals surface area contributed by atoms with Crippen LogP contribution in [0.25, 0.3) is 0 Å². The van der Waals surface area contributed by atoms with Crippen LogP contribution in [0.1, 0.15) is 40.0 Å². The van der Waals surface area contributed by atoms with Crippen LogP contribution in [0.15, 0.2) is 0 Å². The van der Waals surface area contributed by atoms with Crippen molar-refractivity contribution in [1.82, 2.24) is 4.90 Å². The van der Waals surface area contributed by atoms with E-state index in [1.54, 1.807) is 0 Å². The molecule has 0 bridgehead atoms. The standard InChI is InChI=1S/C12H26N2/c1-4-14(5-2)12-8-10(3)6-7-11(12)9-13/h10-12H,4-9,13H2,1-3H3. The molecule has 1 rings (SSSR count). The highest BCUT2D eigenvalue weighted by molar-refractivity contribution is 4.85. The summed E-state index contributed by atoms with van der Waals surface area (Å²) in [6.07, 6.45) is 4.06. The molecule has 2 N–H and O–H groups in total. The Morgan fingerprint density at radius 2 is 1.86 bits per heavy atom. The van der Waals surface area contributed by atoms with E-state index in [2.05, 4.69) is 25.7 Å². The lowest BCUT2D eigenvalue weighted by Gasteiger charge is -2.41. The quantitative estimate of drug-likeness (QED) is 0.749. The molecule has 0 aliphatic heterocycles. The van der Waals surface area contributed by atoms with Crippen molar-refractivity contribution >= 4 is 0 Å². The Labute approximate surface area is 88.8 Å². The minimum absolute atomic E-state index is 0.742. The van der Waals surface area contributed by atoms with Crippen molar-refractivity contribution in [3.8, 4) is 0 Å². The molecule has 1 saturated carbocycles. The van der Waals surface area contributed by atoms with E-state index in [-0.39, 0.29) is 0 Å². The molecule has 84 valence electrons. The van der Waals surface area contributed by atoms with Crippen LogP contribution in [0.4, 0.5) is 0 Å². The maximum Gasteiger partial charge on any atom is 0.0138 e. The molecule has 14 heavy (non-hydrogen) atoms. The molecule has 0 aromatic carbocycles. The molecule has 0 spiro atoms. The number of nitrogens with zero attached hydrogens (tertiary/aromatic N) is 1. The SMILES string of the molecule is CCN(CC)C1CC(C)CCC1CN. The molecule has 2 heteroatoms. The summed E-state index contributed by atoms with van der Waals surface area (Å²) in [5.41, 5.74) is 5.86. The van der Waals surface area contributed by atoms with Gasteiger partial charge in [0.05, 0.1) is 0 Å². The Morgan fingerprint density at radius 1 is 1.21 bits per heavy atom. The van der Waals surface area contributed by atoms with Gasteiger partial charge < -0.3 is 10.6 Å². The Morgan fingerprint density at radius 3 is 2.36 bits per heavy atom. The molecular formula is C12H26N2. The zero-order valence-corrected chi connectivity index (χ0v) is 10.00. The lowest BCUT2D eigenvalue weighted by atomic mass is 9.78. The van der Waals surface area contributed by atoms with Crippen LogP contribution >= 0.6 is 0 Å². The highest BCUT2D eigenvalue weighted by Crippen LogP contribution is 2.31. The molecule has 0 aromatic heterocycles. The minimum atomic E-state index is 0.742. The van der Waals surface area contributed by atoms with Crippen molar-refractivity contribution in [2.45, 2.75) is 46.1 Å². The highest BCUT2D eigenvalue weighted by Gasteiger charge is 2.30. The molecule has 0 aromatic rings. The molecule has 1 fully saturated rings. The van der Waals surface area contributed by atoms with Gasteiger partial charge in [-0.05, 0) is 44.3 Å². The van der Waals surface area contributed by atoms with Gasteiger partial charge in [0.2, 0.25) is 0 Å². The van der Waals surface area contributed by atoms with Gasteiger partial charge in [-0.25, -0.2) is 0 Å². The first-order valence-corrected chi connectivity index (χ1v) is 6.17. The van der Waals surface area contributed by atoms with Crippen LogP contribution in [0, 0.1) is 11.8 Å². The van der Waals surface area contributed by atoms with E-state index in [9.17, 15) is 0 Å². The van der Waals surface area contributed by atoms with E-state index in [1.165, 1.54) is 32.4 Å². The lowest BCUT2D eigenvalue weighted by molar-refractivity contribution is 0.0952.